The molecule has 0 aliphatic rings. The van der Waals surface area contributed by atoms with E-state index in [0.29, 0.717) is 49.1 Å². The molecule has 0 saturated carbocycles. The molecule has 2 rings (SSSR count). The van der Waals surface area contributed by atoms with Gasteiger partial charge in [0.05, 0.1) is 25.4 Å². The third-order valence-electron chi connectivity index (χ3n) is 5.15. The predicted molar refractivity (Wildman–Crippen MR) is 135 cm³/mol. The van der Waals surface area contributed by atoms with Gasteiger partial charge in [0.25, 0.3) is 0 Å². The van der Waals surface area contributed by atoms with Crippen LogP contribution in [0.1, 0.15) is 61.7 Å². The number of unbranched alkanes of at least 4 members (excludes halogenated alkanes) is 5. The molecule has 0 aromatic heterocycles. The van der Waals surface area contributed by atoms with Crippen molar-refractivity contribution < 1.29 is 38.4 Å². The number of carbonyl (C=O) groups is 3. The molecule has 0 radical (unpaired) electrons. The lowest BCUT2D eigenvalue weighted by atomic mass is 10.2. The molecular weight excluding hydrogens is 464 g/mol. The van der Waals surface area contributed by atoms with Gasteiger partial charge in [-0.25, -0.2) is 9.59 Å². The molecule has 0 aliphatic heterocycles. The first-order valence-corrected chi connectivity index (χ1v) is 12.2. The number of carboxylic acids is 1. The molecule has 0 heterocycles. The highest BCUT2D eigenvalue weighted by atomic mass is 16.5. The summed E-state index contributed by atoms with van der Waals surface area (Å²) in [6.45, 7) is 4.82. The standard InChI is InChI=1S/C28H34O8/c1-2-27(31)35-21-8-4-3-7-19-33-23-13-11-22(12-14-23)28(32)36-25-17-15-24(16-18-25)34-20-9-5-6-10-26(29)30/h2,11-18H,1,3-10,19-21H2,(H,29,30). The Hall–Kier alpha value is -3.81. The summed E-state index contributed by atoms with van der Waals surface area (Å²) in [6, 6.07) is 13.6. The van der Waals surface area contributed by atoms with E-state index >= 15 is 0 Å². The van der Waals surface area contributed by atoms with Crippen LogP contribution in [0.3, 0.4) is 0 Å². The molecule has 36 heavy (non-hydrogen) atoms. The first-order chi connectivity index (χ1) is 17.5. The highest BCUT2D eigenvalue weighted by molar-refractivity contribution is 5.91. The van der Waals surface area contributed by atoms with Crippen LogP contribution in [0, 0.1) is 0 Å². The van der Waals surface area contributed by atoms with Gasteiger partial charge in [-0.1, -0.05) is 6.58 Å². The highest BCUT2D eigenvalue weighted by Crippen LogP contribution is 2.20. The van der Waals surface area contributed by atoms with E-state index in [-0.39, 0.29) is 6.42 Å². The van der Waals surface area contributed by atoms with Gasteiger partial charge in [0.2, 0.25) is 0 Å². The second-order valence-corrected chi connectivity index (χ2v) is 8.07. The third-order valence-corrected chi connectivity index (χ3v) is 5.15. The van der Waals surface area contributed by atoms with Crippen LogP contribution in [0.2, 0.25) is 0 Å². The number of aliphatic carboxylic acids is 1. The molecular formula is C28H34O8. The molecule has 0 aliphatic carbocycles. The average molecular weight is 499 g/mol. The maximum atomic E-state index is 12.4. The molecule has 0 bridgehead atoms. The van der Waals surface area contributed by atoms with Gasteiger partial charge in [0.15, 0.2) is 0 Å². The van der Waals surface area contributed by atoms with E-state index in [1.807, 2.05) is 0 Å². The molecule has 0 atom stereocenters. The summed E-state index contributed by atoms with van der Waals surface area (Å²) in [5.41, 5.74) is 0.415. The molecule has 0 spiro atoms. The molecule has 0 unspecified atom stereocenters. The van der Waals surface area contributed by atoms with E-state index < -0.39 is 17.9 Å². The van der Waals surface area contributed by atoms with E-state index in [4.69, 9.17) is 24.1 Å². The zero-order valence-electron chi connectivity index (χ0n) is 20.5. The maximum Gasteiger partial charge on any atom is 0.343 e. The van der Waals surface area contributed by atoms with E-state index in [2.05, 4.69) is 6.58 Å². The van der Waals surface area contributed by atoms with Gasteiger partial charge in [-0.05, 0) is 93.5 Å². The van der Waals surface area contributed by atoms with Crippen molar-refractivity contribution in [1.82, 2.24) is 0 Å². The lowest BCUT2D eigenvalue weighted by Gasteiger charge is -2.09. The van der Waals surface area contributed by atoms with Crippen molar-refractivity contribution in [2.24, 2.45) is 0 Å². The van der Waals surface area contributed by atoms with Crippen molar-refractivity contribution in [3.05, 3.63) is 66.7 Å². The molecule has 8 heteroatoms. The normalized spacial score (nSPS) is 10.3. The van der Waals surface area contributed by atoms with Gasteiger partial charge < -0.3 is 24.1 Å². The Labute approximate surface area is 211 Å². The molecule has 0 saturated heterocycles. The number of carbonyl (C=O) groups excluding carboxylic acids is 2. The largest absolute Gasteiger partial charge is 0.494 e. The second-order valence-electron chi connectivity index (χ2n) is 8.07. The van der Waals surface area contributed by atoms with Crippen LogP contribution in [0.25, 0.3) is 0 Å². The van der Waals surface area contributed by atoms with Crippen LogP contribution >= 0.6 is 0 Å². The Kier molecular flexibility index (Phi) is 13.2. The fourth-order valence-electron chi connectivity index (χ4n) is 3.18. The number of benzene rings is 2. The minimum Gasteiger partial charge on any atom is -0.494 e. The van der Waals surface area contributed by atoms with Crippen LogP contribution in [0.4, 0.5) is 0 Å². The molecule has 0 fully saturated rings. The van der Waals surface area contributed by atoms with Crippen molar-refractivity contribution in [3.8, 4) is 17.2 Å². The summed E-state index contributed by atoms with van der Waals surface area (Å²) in [4.78, 5) is 33.8. The van der Waals surface area contributed by atoms with Gasteiger partial charge in [0.1, 0.15) is 17.2 Å². The van der Waals surface area contributed by atoms with Crippen LogP contribution in [0.15, 0.2) is 61.2 Å². The number of rotatable bonds is 18. The van der Waals surface area contributed by atoms with E-state index in [0.717, 1.165) is 44.6 Å². The highest BCUT2D eigenvalue weighted by Gasteiger charge is 2.09. The quantitative estimate of drug-likeness (QED) is 0.122. The van der Waals surface area contributed by atoms with Crippen LogP contribution in [-0.4, -0.2) is 42.8 Å². The Morgan fingerprint density at radius 3 is 1.75 bits per heavy atom. The average Bonchev–Trinajstić information content (AvgIpc) is 2.88. The summed E-state index contributed by atoms with van der Waals surface area (Å²) >= 11 is 0. The van der Waals surface area contributed by atoms with Crippen molar-refractivity contribution in [1.29, 1.82) is 0 Å². The molecule has 2 aromatic rings. The summed E-state index contributed by atoms with van der Waals surface area (Å²) in [6.07, 6.45) is 7.14. The SMILES string of the molecule is C=CC(=O)OCCCCCCOc1ccc(C(=O)Oc2ccc(OCCCCCC(=O)O)cc2)cc1. The number of hydrogen-bond donors (Lipinski definition) is 1. The topological polar surface area (TPSA) is 108 Å². The van der Waals surface area contributed by atoms with Crippen molar-refractivity contribution in [3.63, 3.8) is 0 Å². The number of ether oxygens (including phenoxy) is 4. The van der Waals surface area contributed by atoms with Crippen molar-refractivity contribution in [2.45, 2.75) is 51.4 Å². The summed E-state index contributed by atoms with van der Waals surface area (Å²) in [5.74, 6) is 0.101. The fourth-order valence-corrected chi connectivity index (χ4v) is 3.18. The van der Waals surface area contributed by atoms with Gasteiger partial charge in [-0.15, -0.1) is 0 Å². The first kappa shape index (κ1) is 28.4. The van der Waals surface area contributed by atoms with Gasteiger partial charge in [-0.2, -0.15) is 0 Å². The molecule has 2 aromatic carbocycles. The fraction of sp³-hybridized carbons (Fsp3) is 0.393. The Morgan fingerprint density at radius 1 is 0.694 bits per heavy atom. The van der Waals surface area contributed by atoms with Gasteiger partial charge >= 0.3 is 17.9 Å². The van der Waals surface area contributed by atoms with Gasteiger partial charge in [-0.3, -0.25) is 4.79 Å². The lowest BCUT2D eigenvalue weighted by Crippen LogP contribution is -2.08. The molecule has 8 nitrogen and oxygen atoms in total. The zero-order chi connectivity index (χ0) is 26.0. The number of carboxylic acid groups (broad SMARTS) is 1. The molecule has 0 amide bonds. The van der Waals surface area contributed by atoms with Crippen LogP contribution < -0.4 is 14.2 Å². The summed E-state index contributed by atoms with van der Waals surface area (Å²) in [7, 11) is 0. The predicted octanol–water partition coefficient (Wildman–Crippen LogP) is 5.60. The second kappa shape index (κ2) is 16.8. The van der Waals surface area contributed by atoms with E-state index in [1.165, 1.54) is 0 Å². The van der Waals surface area contributed by atoms with Gasteiger partial charge in [0, 0.05) is 12.5 Å². The van der Waals surface area contributed by atoms with Crippen LogP contribution in [0.5, 0.6) is 17.2 Å². The van der Waals surface area contributed by atoms with E-state index in [9.17, 15) is 14.4 Å². The number of esters is 2. The first-order valence-electron chi connectivity index (χ1n) is 12.2. The summed E-state index contributed by atoms with van der Waals surface area (Å²) < 4.78 is 21.7. The smallest absolute Gasteiger partial charge is 0.343 e. The molecule has 194 valence electrons. The van der Waals surface area contributed by atoms with Crippen molar-refractivity contribution in [2.75, 3.05) is 19.8 Å². The molecule has 1 N–H and O–H groups in total. The Morgan fingerprint density at radius 2 is 1.19 bits per heavy atom. The minimum atomic E-state index is -0.782. The lowest BCUT2D eigenvalue weighted by molar-refractivity contribution is -0.138. The Balaban J connectivity index is 1.62. The van der Waals surface area contributed by atoms with Crippen LogP contribution in [-0.2, 0) is 14.3 Å². The monoisotopic (exact) mass is 498 g/mol. The summed E-state index contributed by atoms with van der Waals surface area (Å²) in [5, 5.41) is 8.62. The third kappa shape index (κ3) is 12.1. The maximum absolute atomic E-state index is 12.4. The zero-order valence-corrected chi connectivity index (χ0v) is 20.5. The van der Waals surface area contributed by atoms with Crippen molar-refractivity contribution >= 4 is 17.9 Å². The van der Waals surface area contributed by atoms with E-state index in [1.54, 1.807) is 48.5 Å². The number of hydrogen-bond acceptors (Lipinski definition) is 7. The minimum absolute atomic E-state index is 0.176. The Bertz CT molecular complexity index is 951.